The second-order valence-electron chi connectivity index (χ2n) is 5.90. The van der Waals surface area contributed by atoms with E-state index in [9.17, 15) is 23.3 Å². The summed E-state index contributed by atoms with van der Waals surface area (Å²) in [6, 6.07) is 11.1. The largest absolute Gasteiger partial charge is 0.358 e. The zero-order valence-electron chi connectivity index (χ0n) is 14.0. The number of non-ortho nitro benzene ring substituents is 1. The second-order valence-corrected chi connectivity index (χ2v) is 7.79. The van der Waals surface area contributed by atoms with Crippen molar-refractivity contribution in [1.82, 2.24) is 9.62 Å². The molecule has 1 aliphatic heterocycles. The van der Waals surface area contributed by atoms with Gasteiger partial charge in [0.05, 0.1) is 9.82 Å². The number of hydrogen-bond donors (Lipinski definition) is 1. The second kappa shape index (κ2) is 6.85. The average molecular weight is 375 g/mol. The van der Waals surface area contributed by atoms with Crippen molar-refractivity contribution in [3.8, 4) is 0 Å². The number of benzene rings is 2. The molecule has 0 radical (unpaired) electrons. The van der Waals surface area contributed by atoms with E-state index in [4.69, 9.17) is 0 Å². The van der Waals surface area contributed by atoms with Gasteiger partial charge in [-0.2, -0.15) is 4.31 Å². The summed E-state index contributed by atoms with van der Waals surface area (Å²) in [7, 11) is -2.54. The van der Waals surface area contributed by atoms with Crippen molar-refractivity contribution < 1.29 is 18.1 Å². The van der Waals surface area contributed by atoms with Gasteiger partial charge in [-0.25, -0.2) is 8.42 Å². The number of nitro groups is 1. The van der Waals surface area contributed by atoms with Gasteiger partial charge in [0.2, 0.25) is 15.9 Å². The minimum Gasteiger partial charge on any atom is -0.358 e. The van der Waals surface area contributed by atoms with Gasteiger partial charge in [-0.1, -0.05) is 24.3 Å². The van der Waals surface area contributed by atoms with Crippen molar-refractivity contribution in [2.75, 3.05) is 7.05 Å². The molecule has 0 bridgehead atoms. The molecule has 0 aliphatic carbocycles. The third kappa shape index (κ3) is 3.18. The number of carbonyl (C=O) groups excluding carboxylic acids is 1. The monoisotopic (exact) mass is 375 g/mol. The number of fused-ring (bicyclic) bond motifs is 1. The summed E-state index contributed by atoms with van der Waals surface area (Å²) in [5.41, 5.74) is 1.56. The molecule has 26 heavy (non-hydrogen) atoms. The number of carbonyl (C=O) groups is 1. The van der Waals surface area contributed by atoms with Crippen LogP contribution >= 0.6 is 0 Å². The predicted molar refractivity (Wildman–Crippen MR) is 93.8 cm³/mol. The van der Waals surface area contributed by atoms with E-state index in [1.54, 1.807) is 0 Å². The van der Waals surface area contributed by atoms with Gasteiger partial charge in [0.15, 0.2) is 0 Å². The quantitative estimate of drug-likeness (QED) is 0.643. The Balaban J connectivity index is 2.03. The highest BCUT2D eigenvalue weighted by Crippen LogP contribution is 2.29. The fourth-order valence-corrected chi connectivity index (χ4v) is 4.58. The van der Waals surface area contributed by atoms with Crippen LogP contribution < -0.4 is 5.32 Å². The number of amides is 1. The molecular weight excluding hydrogens is 358 g/mol. The van der Waals surface area contributed by atoms with Gasteiger partial charge in [0.1, 0.15) is 6.04 Å². The van der Waals surface area contributed by atoms with Gasteiger partial charge >= 0.3 is 0 Å². The summed E-state index contributed by atoms with van der Waals surface area (Å²) in [5, 5.41) is 13.3. The highest BCUT2D eigenvalue weighted by molar-refractivity contribution is 7.89. The molecule has 0 spiro atoms. The molecule has 1 amide bonds. The molecule has 8 nitrogen and oxygen atoms in total. The highest BCUT2D eigenvalue weighted by atomic mass is 32.2. The first-order chi connectivity index (χ1) is 12.3. The lowest BCUT2D eigenvalue weighted by Crippen LogP contribution is -2.51. The van der Waals surface area contributed by atoms with Crippen LogP contribution in [0, 0.1) is 10.1 Å². The molecule has 1 N–H and O–H groups in total. The van der Waals surface area contributed by atoms with Crippen LogP contribution in [0.3, 0.4) is 0 Å². The normalized spacial score (nSPS) is 17.3. The summed E-state index contributed by atoms with van der Waals surface area (Å²) >= 11 is 0. The lowest BCUT2D eigenvalue weighted by Gasteiger charge is -2.34. The molecular formula is C17H17N3O5S. The fraction of sp³-hybridized carbons (Fsp3) is 0.235. The number of nitro benzene ring substituents is 1. The van der Waals surface area contributed by atoms with Gasteiger partial charge in [0.25, 0.3) is 5.69 Å². The summed E-state index contributed by atoms with van der Waals surface area (Å²) in [5.74, 6) is -0.398. The molecule has 1 heterocycles. The molecule has 2 aromatic carbocycles. The number of nitrogens with one attached hydrogen (secondary N) is 1. The van der Waals surface area contributed by atoms with E-state index in [1.165, 1.54) is 19.2 Å². The van der Waals surface area contributed by atoms with E-state index in [0.717, 1.165) is 27.6 Å². The maximum Gasteiger partial charge on any atom is 0.269 e. The third-order valence-electron chi connectivity index (χ3n) is 4.41. The van der Waals surface area contributed by atoms with Crippen LogP contribution in [0.5, 0.6) is 0 Å². The molecule has 136 valence electrons. The standard InChI is InChI=1S/C17H17N3O5S/c1-18-17(21)16-10-12-4-2-3-5-13(12)11-19(16)26(24,25)15-8-6-14(7-9-15)20(22)23/h2-9,16H,10-11H2,1H3,(H,18,21). The molecule has 2 aromatic rings. The van der Waals surface area contributed by atoms with Crippen LogP contribution in [0.25, 0.3) is 0 Å². The molecule has 0 aromatic heterocycles. The summed E-state index contributed by atoms with van der Waals surface area (Å²) in [6.45, 7) is 0.0631. The number of rotatable bonds is 4. The van der Waals surface area contributed by atoms with Gasteiger partial charge in [-0.05, 0) is 29.7 Å². The Labute approximate surface area is 150 Å². The van der Waals surface area contributed by atoms with Crippen molar-refractivity contribution in [1.29, 1.82) is 0 Å². The molecule has 1 atom stereocenters. The van der Waals surface area contributed by atoms with Crippen molar-refractivity contribution in [2.24, 2.45) is 0 Å². The zero-order chi connectivity index (χ0) is 18.9. The van der Waals surface area contributed by atoms with E-state index >= 15 is 0 Å². The topological polar surface area (TPSA) is 110 Å². The van der Waals surface area contributed by atoms with E-state index < -0.39 is 26.9 Å². The van der Waals surface area contributed by atoms with Gasteiger partial charge in [0, 0.05) is 25.7 Å². The number of likely N-dealkylation sites (N-methyl/N-ethyl adjacent to an activating group) is 1. The minimum atomic E-state index is -4.00. The Morgan fingerprint density at radius 3 is 2.35 bits per heavy atom. The third-order valence-corrected chi connectivity index (χ3v) is 6.28. The first kappa shape index (κ1) is 18.0. The summed E-state index contributed by atoms with van der Waals surface area (Å²) < 4.78 is 27.3. The Bertz CT molecular complexity index is 957. The molecule has 0 fully saturated rings. The molecule has 1 aliphatic rings. The van der Waals surface area contributed by atoms with Crippen LogP contribution in [-0.2, 0) is 27.8 Å². The fourth-order valence-electron chi connectivity index (χ4n) is 3.02. The predicted octanol–water partition coefficient (Wildman–Crippen LogP) is 1.46. The number of sulfonamides is 1. The first-order valence-electron chi connectivity index (χ1n) is 7.89. The Morgan fingerprint density at radius 1 is 1.15 bits per heavy atom. The highest BCUT2D eigenvalue weighted by Gasteiger charge is 2.39. The Hall–Kier alpha value is -2.78. The molecule has 9 heteroatoms. The summed E-state index contributed by atoms with van der Waals surface area (Å²) in [4.78, 5) is 22.4. The summed E-state index contributed by atoms with van der Waals surface area (Å²) in [6.07, 6.45) is 0.266. The molecule has 0 saturated carbocycles. The van der Waals surface area contributed by atoms with E-state index in [-0.39, 0.29) is 23.5 Å². The van der Waals surface area contributed by atoms with Crippen molar-refractivity contribution in [3.05, 3.63) is 69.8 Å². The maximum atomic E-state index is 13.1. The average Bonchev–Trinajstić information content (AvgIpc) is 2.66. The lowest BCUT2D eigenvalue weighted by atomic mass is 9.95. The lowest BCUT2D eigenvalue weighted by molar-refractivity contribution is -0.384. The van der Waals surface area contributed by atoms with Gasteiger partial charge in [-0.15, -0.1) is 0 Å². The van der Waals surface area contributed by atoms with E-state index in [1.807, 2.05) is 24.3 Å². The van der Waals surface area contributed by atoms with Crippen LogP contribution in [0.1, 0.15) is 11.1 Å². The van der Waals surface area contributed by atoms with Crippen LogP contribution in [0.4, 0.5) is 5.69 Å². The first-order valence-corrected chi connectivity index (χ1v) is 9.33. The Morgan fingerprint density at radius 2 is 1.77 bits per heavy atom. The van der Waals surface area contributed by atoms with Crippen molar-refractivity contribution in [2.45, 2.75) is 23.9 Å². The zero-order valence-corrected chi connectivity index (χ0v) is 14.8. The number of nitrogens with zero attached hydrogens (tertiary/aromatic N) is 2. The molecule has 1 unspecified atom stereocenters. The van der Waals surface area contributed by atoms with Crippen LogP contribution in [0.2, 0.25) is 0 Å². The smallest absolute Gasteiger partial charge is 0.269 e. The van der Waals surface area contributed by atoms with Crippen LogP contribution in [0.15, 0.2) is 53.4 Å². The van der Waals surface area contributed by atoms with E-state index in [0.29, 0.717) is 0 Å². The minimum absolute atomic E-state index is 0.0631. The van der Waals surface area contributed by atoms with Crippen molar-refractivity contribution >= 4 is 21.6 Å². The van der Waals surface area contributed by atoms with Crippen LogP contribution in [-0.4, -0.2) is 36.6 Å². The SMILES string of the molecule is CNC(=O)C1Cc2ccccc2CN1S(=O)(=O)c1ccc([N+](=O)[O-])cc1. The van der Waals surface area contributed by atoms with E-state index in [2.05, 4.69) is 5.32 Å². The van der Waals surface area contributed by atoms with Crippen molar-refractivity contribution in [3.63, 3.8) is 0 Å². The maximum absolute atomic E-state index is 13.1. The Kier molecular flexibility index (Phi) is 4.75. The number of hydrogen-bond acceptors (Lipinski definition) is 5. The van der Waals surface area contributed by atoms with Gasteiger partial charge < -0.3 is 5.32 Å². The van der Waals surface area contributed by atoms with Gasteiger partial charge in [-0.3, -0.25) is 14.9 Å². The molecule has 3 rings (SSSR count). The molecule has 0 saturated heterocycles.